The second-order valence-electron chi connectivity index (χ2n) is 5.19. The van der Waals surface area contributed by atoms with Gasteiger partial charge in [0.25, 0.3) is 0 Å². The van der Waals surface area contributed by atoms with Gasteiger partial charge >= 0.3 is 0 Å². The second-order valence-corrected chi connectivity index (χ2v) is 5.19. The van der Waals surface area contributed by atoms with Gasteiger partial charge in [-0.05, 0) is 12.8 Å². The molecule has 0 radical (unpaired) electrons. The fourth-order valence-electron chi connectivity index (χ4n) is 2.41. The fraction of sp³-hybridized carbons (Fsp3) is 0.294. The van der Waals surface area contributed by atoms with Crippen molar-refractivity contribution in [3.8, 4) is 11.3 Å². The van der Waals surface area contributed by atoms with Crippen LogP contribution in [0.2, 0.25) is 0 Å². The first-order valence-electron chi connectivity index (χ1n) is 7.47. The van der Waals surface area contributed by atoms with Crippen molar-refractivity contribution >= 4 is 5.96 Å². The molecule has 5 heteroatoms. The van der Waals surface area contributed by atoms with Crippen molar-refractivity contribution in [3.05, 3.63) is 54.6 Å². The third-order valence-electron chi connectivity index (χ3n) is 3.59. The summed E-state index contributed by atoms with van der Waals surface area (Å²) in [6, 6.07) is 10.4. The van der Waals surface area contributed by atoms with E-state index in [1.54, 1.807) is 13.2 Å². The first-order valence-corrected chi connectivity index (χ1v) is 7.47. The lowest BCUT2D eigenvalue weighted by atomic mass is 10.2. The Bertz CT molecular complexity index is 652. The van der Waals surface area contributed by atoms with E-state index in [2.05, 4.69) is 32.8 Å². The summed E-state index contributed by atoms with van der Waals surface area (Å²) < 4.78 is 5.77. The molecular weight excluding hydrogens is 276 g/mol. The van der Waals surface area contributed by atoms with E-state index in [-0.39, 0.29) is 0 Å². The number of hydrogen-bond donors (Lipinski definition) is 2. The smallest absolute Gasteiger partial charge is 0.214 e. The number of aliphatic imine (C=N–C) groups is 1. The van der Waals surface area contributed by atoms with Gasteiger partial charge in [-0.2, -0.15) is 0 Å². The summed E-state index contributed by atoms with van der Waals surface area (Å²) in [7, 11) is 1.77. The zero-order valence-electron chi connectivity index (χ0n) is 12.6. The lowest BCUT2D eigenvalue weighted by Crippen LogP contribution is -2.42. The molecule has 1 aliphatic rings. The van der Waals surface area contributed by atoms with E-state index in [9.17, 15) is 0 Å². The molecule has 0 amide bonds. The van der Waals surface area contributed by atoms with E-state index in [0.717, 1.165) is 30.1 Å². The van der Waals surface area contributed by atoms with Crippen molar-refractivity contribution in [3.63, 3.8) is 0 Å². The summed E-state index contributed by atoms with van der Waals surface area (Å²) in [5.41, 5.74) is 1.03. The third kappa shape index (κ3) is 3.55. The van der Waals surface area contributed by atoms with Crippen LogP contribution in [-0.2, 0) is 6.54 Å². The zero-order chi connectivity index (χ0) is 15.2. The van der Waals surface area contributed by atoms with Gasteiger partial charge in [-0.15, -0.1) is 0 Å². The number of guanidine groups is 1. The van der Waals surface area contributed by atoms with Crippen molar-refractivity contribution in [1.29, 1.82) is 0 Å². The highest BCUT2D eigenvalue weighted by atomic mass is 16.4. The van der Waals surface area contributed by atoms with Crippen molar-refractivity contribution in [2.24, 2.45) is 4.99 Å². The van der Waals surface area contributed by atoms with E-state index in [4.69, 9.17) is 4.42 Å². The highest BCUT2D eigenvalue weighted by Gasteiger charge is 2.12. The molecule has 0 atom stereocenters. The van der Waals surface area contributed by atoms with Crippen LogP contribution in [0.25, 0.3) is 11.3 Å². The summed E-state index contributed by atoms with van der Waals surface area (Å²) >= 11 is 0. The summed E-state index contributed by atoms with van der Waals surface area (Å²) in [5.74, 6) is 2.19. The van der Waals surface area contributed by atoms with Gasteiger partial charge in [0.1, 0.15) is 0 Å². The summed E-state index contributed by atoms with van der Waals surface area (Å²) in [5, 5.41) is 6.61. The lowest BCUT2D eigenvalue weighted by molar-refractivity contribution is 0.495. The van der Waals surface area contributed by atoms with Crippen LogP contribution in [0.4, 0.5) is 0 Å². The van der Waals surface area contributed by atoms with Gasteiger partial charge in [0, 0.05) is 18.7 Å². The molecule has 0 unspecified atom stereocenters. The lowest BCUT2D eigenvalue weighted by Gasteiger charge is -2.15. The number of hydrogen-bond acceptors (Lipinski definition) is 3. The first kappa shape index (κ1) is 14.4. The summed E-state index contributed by atoms with van der Waals surface area (Å²) in [6.45, 7) is 0.507. The average Bonchev–Trinajstić information content (AvgIpc) is 3.24. The molecular formula is C17H20N4O. The average molecular weight is 296 g/mol. The Hall–Kier alpha value is -2.56. The third-order valence-corrected chi connectivity index (χ3v) is 3.59. The van der Waals surface area contributed by atoms with Crippen LogP contribution in [0.3, 0.4) is 0 Å². The topological polar surface area (TPSA) is 62.5 Å². The van der Waals surface area contributed by atoms with Crippen LogP contribution in [0.5, 0.6) is 0 Å². The SMILES string of the molecule is CN=C(NCc1ncc(-c2ccccc2)o1)NC1CC=CC1. The minimum absolute atomic E-state index is 0.427. The molecule has 22 heavy (non-hydrogen) atoms. The Labute approximate surface area is 130 Å². The molecule has 3 rings (SSSR count). The maximum absolute atomic E-state index is 5.77. The number of aromatic nitrogens is 1. The molecule has 0 aliphatic heterocycles. The molecule has 1 aromatic heterocycles. The largest absolute Gasteiger partial charge is 0.439 e. The van der Waals surface area contributed by atoms with Gasteiger partial charge in [0.05, 0.1) is 12.7 Å². The molecule has 1 aromatic carbocycles. The van der Waals surface area contributed by atoms with Gasteiger partial charge in [0.15, 0.2) is 11.7 Å². The standard InChI is InChI=1S/C17H20N4O/c1-18-17(21-14-9-5-6-10-14)20-12-16-19-11-15(22-16)13-7-3-2-4-8-13/h2-8,11,14H,9-10,12H2,1H3,(H2,18,20,21). The predicted octanol–water partition coefficient (Wildman–Crippen LogP) is 2.73. The molecule has 114 valence electrons. The molecule has 2 aromatic rings. The van der Waals surface area contributed by atoms with Gasteiger partial charge < -0.3 is 15.1 Å². The van der Waals surface area contributed by atoms with E-state index in [0.29, 0.717) is 18.5 Å². The number of oxazole rings is 1. The van der Waals surface area contributed by atoms with E-state index in [1.807, 2.05) is 30.3 Å². The second kappa shape index (κ2) is 6.93. The quantitative estimate of drug-likeness (QED) is 0.517. The van der Waals surface area contributed by atoms with Crippen LogP contribution in [0.1, 0.15) is 18.7 Å². The molecule has 5 nitrogen and oxygen atoms in total. The molecule has 0 spiro atoms. The molecule has 1 aliphatic carbocycles. The maximum Gasteiger partial charge on any atom is 0.214 e. The van der Waals surface area contributed by atoms with E-state index >= 15 is 0 Å². The Morgan fingerprint density at radius 3 is 2.77 bits per heavy atom. The van der Waals surface area contributed by atoms with Gasteiger partial charge in [0.2, 0.25) is 5.89 Å². The maximum atomic E-state index is 5.77. The Morgan fingerprint density at radius 2 is 2.05 bits per heavy atom. The normalized spacial score (nSPS) is 15.2. The zero-order valence-corrected chi connectivity index (χ0v) is 12.6. The van der Waals surface area contributed by atoms with Crippen LogP contribution in [0.15, 0.2) is 58.1 Å². The Kier molecular flexibility index (Phi) is 4.53. The van der Waals surface area contributed by atoms with Crippen molar-refractivity contribution in [2.45, 2.75) is 25.4 Å². The van der Waals surface area contributed by atoms with Crippen LogP contribution in [0, 0.1) is 0 Å². The number of nitrogens with one attached hydrogen (secondary N) is 2. The number of nitrogens with zero attached hydrogens (tertiary/aromatic N) is 2. The highest BCUT2D eigenvalue weighted by molar-refractivity contribution is 5.79. The molecule has 2 N–H and O–H groups in total. The number of benzene rings is 1. The summed E-state index contributed by atoms with van der Waals surface area (Å²) in [4.78, 5) is 8.54. The fourth-order valence-corrected chi connectivity index (χ4v) is 2.41. The molecule has 1 heterocycles. The number of rotatable bonds is 4. The van der Waals surface area contributed by atoms with Gasteiger partial charge in [-0.25, -0.2) is 4.98 Å². The van der Waals surface area contributed by atoms with E-state index < -0.39 is 0 Å². The van der Waals surface area contributed by atoms with Crippen molar-refractivity contribution in [2.75, 3.05) is 7.05 Å². The van der Waals surface area contributed by atoms with Crippen LogP contribution >= 0.6 is 0 Å². The Morgan fingerprint density at radius 1 is 1.27 bits per heavy atom. The molecule has 0 saturated carbocycles. The van der Waals surface area contributed by atoms with E-state index in [1.165, 1.54) is 0 Å². The molecule has 0 fully saturated rings. The Balaban J connectivity index is 1.56. The van der Waals surface area contributed by atoms with Crippen molar-refractivity contribution in [1.82, 2.24) is 15.6 Å². The molecule has 0 saturated heterocycles. The van der Waals surface area contributed by atoms with Crippen LogP contribution < -0.4 is 10.6 Å². The monoisotopic (exact) mass is 296 g/mol. The molecule has 0 bridgehead atoms. The highest BCUT2D eigenvalue weighted by Crippen LogP contribution is 2.19. The van der Waals surface area contributed by atoms with Gasteiger partial charge in [-0.1, -0.05) is 42.5 Å². The van der Waals surface area contributed by atoms with Crippen molar-refractivity contribution < 1.29 is 4.42 Å². The first-order chi connectivity index (χ1) is 10.8. The minimum atomic E-state index is 0.427. The summed E-state index contributed by atoms with van der Waals surface area (Å²) in [6.07, 6.45) is 8.20. The van der Waals surface area contributed by atoms with Crippen LogP contribution in [-0.4, -0.2) is 24.0 Å². The van der Waals surface area contributed by atoms with Gasteiger partial charge in [-0.3, -0.25) is 4.99 Å². The minimum Gasteiger partial charge on any atom is -0.439 e. The predicted molar refractivity (Wildman–Crippen MR) is 87.4 cm³/mol.